The van der Waals surface area contributed by atoms with E-state index in [-0.39, 0.29) is 17.9 Å². The molecule has 0 bridgehead atoms. The minimum Gasteiger partial charge on any atom is -0.479 e. The molecule has 8 heteroatoms. The van der Waals surface area contributed by atoms with Gasteiger partial charge in [-0.2, -0.15) is 5.10 Å². The Morgan fingerprint density at radius 3 is 2.84 bits per heavy atom. The fourth-order valence-electron chi connectivity index (χ4n) is 3.89. The van der Waals surface area contributed by atoms with E-state index in [2.05, 4.69) is 36.5 Å². The molecular formula is C23H27N5O3. The first-order valence-electron chi connectivity index (χ1n) is 10.5. The average molecular weight is 422 g/mol. The molecule has 1 aliphatic heterocycles. The van der Waals surface area contributed by atoms with E-state index in [1.54, 1.807) is 25.1 Å². The molecule has 8 nitrogen and oxygen atoms in total. The molecule has 0 aliphatic carbocycles. The quantitative estimate of drug-likeness (QED) is 0.651. The van der Waals surface area contributed by atoms with Gasteiger partial charge in [0, 0.05) is 29.2 Å². The lowest BCUT2D eigenvalue weighted by molar-refractivity contribution is -0.122. The van der Waals surface area contributed by atoms with Gasteiger partial charge in [-0.3, -0.25) is 9.59 Å². The van der Waals surface area contributed by atoms with E-state index >= 15 is 0 Å². The highest BCUT2D eigenvalue weighted by Crippen LogP contribution is 2.32. The van der Waals surface area contributed by atoms with Gasteiger partial charge < -0.3 is 15.4 Å². The first-order chi connectivity index (χ1) is 14.7. The van der Waals surface area contributed by atoms with Crippen LogP contribution >= 0.6 is 0 Å². The summed E-state index contributed by atoms with van der Waals surface area (Å²) in [5.74, 6) is 0.288. The number of fused-ring (bicyclic) bond motifs is 2. The van der Waals surface area contributed by atoms with Gasteiger partial charge in [-0.25, -0.2) is 9.67 Å². The number of aryl methyl sites for hydroxylation is 2. The van der Waals surface area contributed by atoms with Crippen LogP contribution in [0.25, 0.3) is 11.0 Å². The molecule has 0 saturated heterocycles. The number of amides is 2. The molecule has 1 aliphatic rings. The average Bonchev–Trinajstić information content (AvgIpc) is 3.13. The maximum atomic E-state index is 12.6. The Morgan fingerprint density at radius 1 is 1.32 bits per heavy atom. The maximum absolute atomic E-state index is 12.6. The molecule has 162 valence electrons. The molecule has 0 radical (unpaired) electrons. The zero-order valence-electron chi connectivity index (χ0n) is 18.4. The second-order valence-corrected chi connectivity index (χ2v) is 8.23. The van der Waals surface area contributed by atoms with Crippen molar-refractivity contribution in [1.82, 2.24) is 14.8 Å². The predicted octanol–water partition coefficient (Wildman–Crippen LogP) is 3.92. The third-order valence-electron chi connectivity index (χ3n) is 5.62. The monoisotopic (exact) mass is 421 g/mol. The summed E-state index contributed by atoms with van der Waals surface area (Å²) >= 11 is 0. The van der Waals surface area contributed by atoms with Gasteiger partial charge in [0.15, 0.2) is 11.8 Å². The van der Waals surface area contributed by atoms with Crippen molar-refractivity contribution in [3.05, 3.63) is 41.2 Å². The number of nitrogens with zero attached hydrogens (tertiary/aromatic N) is 3. The normalized spacial score (nSPS) is 15.5. The summed E-state index contributed by atoms with van der Waals surface area (Å²) in [5.41, 5.74) is 5.16. The molecule has 2 amide bonds. The fourth-order valence-corrected chi connectivity index (χ4v) is 3.89. The van der Waals surface area contributed by atoms with Gasteiger partial charge in [-0.15, -0.1) is 0 Å². The van der Waals surface area contributed by atoms with Crippen LogP contribution in [0.2, 0.25) is 0 Å². The number of rotatable bonds is 5. The fraction of sp³-hybridized carbons (Fsp3) is 0.391. The highest BCUT2D eigenvalue weighted by molar-refractivity contribution is 5.99. The molecule has 1 atom stereocenters. The molecule has 3 heterocycles. The number of nitrogens with one attached hydrogen (secondary N) is 2. The SMILES string of the molecule is Cc1nc2c(cnn2C(C)C)c(C)c1CCC(=O)Nc1ccc2c(c1)NC(=O)C(C)O2. The van der Waals surface area contributed by atoms with E-state index in [0.29, 0.717) is 30.0 Å². The van der Waals surface area contributed by atoms with Crippen molar-refractivity contribution in [3.8, 4) is 5.75 Å². The Morgan fingerprint density at radius 2 is 2.10 bits per heavy atom. The van der Waals surface area contributed by atoms with E-state index < -0.39 is 6.10 Å². The lowest BCUT2D eigenvalue weighted by atomic mass is 10.0. The smallest absolute Gasteiger partial charge is 0.265 e. The molecule has 4 rings (SSSR count). The van der Waals surface area contributed by atoms with Gasteiger partial charge in [0.25, 0.3) is 5.91 Å². The van der Waals surface area contributed by atoms with Gasteiger partial charge in [-0.05, 0) is 70.4 Å². The van der Waals surface area contributed by atoms with Gasteiger partial charge in [0.05, 0.1) is 11.9 Å². The third kappa shape index (κ3) is 3.97. The highest BCUT2D eigenvalue weighted by Gasteiger charge is 2.23. The summed E-state index contributed by atoms with van der Waals surface area (Å²) in [7, 11) is 0. The summed E-state index contributed by atoms with van der Waals surface area (Å²) in [5, 5.41) is 11.2. The number of benzene rings is 1. The van der Waals surface area contributed by atoms with Crippen LogP contribution in [-0.2, 0) is 16.0 Å². The number of carbonyl (C=O) groups is 2. The van der Waals surface area contributed by atoms with Crippen LogP contribution in [-0.4, -0.2) is 32.7 Å². The number of hydrogen-bond acceptors (Lipinski definition) is 5. The minimum absolute atomic E-state index is 0.104. The number of pyridine rings is 1. The van der Waals surface area contributed by atoms with E-state index in [4.69, 9.17) is 9.72 Å². The lowest BCUT2D eigenvalue weighted by Crippen LogP contribution is -2.34. The van der Waals surface area contributed by atoms with Crippen LogP contribution in [0.5, 0.6) is 5.75 Å². The molecule has 2 N–H and O–H groups in total. The van der Waals surface area contributed by atoms with E-state index in [1.165, 1.54) is 0 Å². The Hall–Kier alpha value is -3.42. The van der Waals surface area contributed by atoms with E-state index in [9.17, 15) is 9.59 Å². The van der Waals surface area contributed by atoms with E-state index in [0.717, 1.165) is 27.9 Å². The summed E-state index contributed by atoms with van der Waals surface area (Å²) in [6, 6.07) is 5.46. The van der Waals surface area contributed by atoms with Crippen LogP contribution in [0.1, 0.15) is 50.1 Å². The topological polar surface area (TPSA) is 98.1 Å². The highest BCUT2D eigenvalue weighted by atomic mass is 16.5. The summed E-state index contributed by atoms with van der Waals surface area (Å²) in [4.78, 5) is 29.1. The predicted molar refractivity (Wildman–Crippen MR) is 119 cm³/mol. The molecule has 0 fully saturated rings. The lowest BCUT2D eigenvalue weighted by Gasteiger charge is -2.23. The number of hydrogen-bond donors (Lipinski definition) is 2. The Kier molecular flexibility index (Phi) is 5.39. The standard InChI is InChI=1S/C23H27N5O3/c1-12(2)28-22-18(11-24-28)13(3)17(14(4)25-22)7-9-21(29)26-16-6-8-20-19(10-16)27-23(30)15(5)31-20/h6,8,10-12,15H,7,9H2,1-5H3,(H,26,29)(H,27,30). The van der Waals surface area contributed by atoms with Crippen molar-refractivity contribution in [3.63, 3.8) is 0 Å². The second-order valence-electron chi connectivity index (χ2n) is 8.23. The maximum Gasteiger partial charge on any atom is 0.265 e. The molecule has 0 saturated carbocycles. The third-order valence-corrected chi connectivity index (χ3v) is 5.62. The van der Waals surface area contributed by atoms with Crippen molar-refractivity contribution in [1.29, 1.82) is 0 Å². The van der Waals surface area contributed by atoms with Crippen molar-refractivity contribution in [2.45, 2.75) is 59.6 Å². The van der Waals surface area contributed by atoms with E-state index in [1.807, 2.05) is 17.8 Å². The molecule has 2 aromatic heterocycles. The number of ether oxygens (including phenoxy) is 1. The van der Waals surface area contributed by atoms with Gasteiger partial charge in [0.1, 0.15) is 5.75 Å². The van der Waals surface area contributed by atoms with Gasteiger partial charge in [0.2, 0.25) is 5.91 Å². The second kappa shape index (κ2) is 8.02. The van der Waals surface area contributed by atoms with Crippen molar-refractivity contribution in [2.75, 3.05) is 10.6 Å². The van der Waals surface area contributed by atoms with Crippen molar-refractivity contribution in [2.24, 2.45) is 0 Å². The largest absolute Gasteiger partial charge is 0.479 e. The van der Waals surface area contributed by atoms with Crippen LogP contribution in [0.4, 0.5) is 11.4 Å². The zero-order chi connectivity index (χ0) is 22.3. The molecular weight excluding hydrogens is 394 g/mol. The summed E-state index contributed by atoms with van der Waals surface area (Å²) < 4.78 is 7.47. The van der Waals surface area contributed by atoms with Crippen molar-refractivity contribution >= 4 is 34.2 Å². The molecule has 3 aromatic rings. The zero-order valence-corrected chi connectivity index (χ0v) is 18.4. The first kappa shape index (κ1) is 20.8. The number of aromatic nitrogens is 3. The van der Waals surface area contributed by atoms with Gasteiger partial charge in [-0.1, -0.05) is 0 Å². The molecule has 1 unspecified atom stereocenters. The summed E-state index contributed by atoms with van der Waals surface area (Å²) in [6.07, 6.45) is 2.23. The van der Waals surface area contributed by atoms with Crippen molar-refractivity contribution < 1.29 is 14.3 Å². The van der Waals surface area contributed by atoms with Crippen LogP contribution in [0.3, 0.4) is 0 Å². The van der Waals surface area contributed by atoms with Crippen LogP contribution in [0.15, 0.2) is 24.4 Å². The molecule has 0 spiro atoms. The Labute approximate surface area is 181 Å². The number of anilines is 2. The Bertz CT molecular complexity index is 1180. The van der Waals surface area contributed by atoms with Crippen LogP contribution < -0.4 is 15.4 Å². The first-order valence-corrected chi connectivity index (χ1v) is 10.5. The summed E-state index contributed by atoms with van der Waals surface area (Å²) in [6.45, 7) is 9.89. The minimum atomic E-state index is -0.530. The van der Waals surface area contributed by atoms with Gasteiger partial charge >= 0.3 is 0 Å². The number of carbonyl (C=O) groups excluding carboxylic acids is 2. The molecule has 31 heavy (non-hydrogen) atoms. The van der Waals surface area contributed by atoms with Crippen LogP contribution in [0, 0.1) is 13.8 Å². The molecule has 1 aromatic carbocycles. The Balaban J connectivity index is 1.46.